The van der Waals surface area contributed by atoms with Crippen LogP contribution in [0.5, 0.6) is 0 Å². The van der Waals surface area contributed by atoms with Crippen LogP contribution in [0.3, 0.4) is 0 Å². The average molecular weight is 399 g/mol. The topological polar surface area (TPSA) is 66.9 Å². The van der Waals surface area contributed by atoms with E-state index in [-0.39, 0.29) is 11.4 Å². The second-order valence-corrected chi connectivity index (χ2v) is 5.28. The summed E-state index contributed by atoms with van der Waals surface area (Å²) in [5, 5.41) is 4.04. The Hall–Kier alpha value is -2.56. The van der Waals surface area contributed by atoms with Gasteiger partial charge in [0.25, 0.3) is 5.91 Å². The number of rotatable bonds is 3. The molecule has 26 heavy (non-hydrogen) atoms. The Morgan fingerprint density at radius 1 is 1.00 bits per heavy atom. The molecule has 0 saturated heterocycles. The number of nitrogens with zero attached hydrogens (tertiary/aromatic N) is 2. The monoisotopic (exact) mass is 398 g/mol. The summed E-state index contributed by atoms with van der Waals surface area (Å²) < 4.78 is 76.0. The van der Waals surface area contributed by atoms with Crippen LogP contribution in [-0.2, 0) is 12.4 Å². The van der Waals surface area contributed by atoms with Crippen LogP contribution in [0.1, 0.15) is 21.7 Å². The number of halogens is 7. The van der Waals surface area contributed by atoms with E-state index in [1.807, 2.05) is 0 Å². The van der Waals surface area contributed by atoms with Gasteiger partial charge in [-0.2, -0.15) is 26.3 Å². The third-order valence-electron chi connectivity index (χ3n) is 3.10. The molecule has 2 heterocycles. The molecule has 0 aromatic carbocycles. The molecule has 2 N–H and O–H groups in total. The molecular formula is C14H9ClF6N4O. The molecule has 0 fully saturated rings. The highest BCUT2D eigenvalue weighted by Gasteiger charge is 2.34. The van der Waals surface area contributed by atoms with E-state index in [0.29, 0.717) is 18.3 Å². The van der Waals surface area contributed by atoms with Gasteiger partial charge < -0.3 is 10.6 Å². The Bertz CT molecular complexity index is 837. The zero-order chi connectivity index (χ0) is 19.7. The van der Waals surface area contributed by atoms with Crippen LogP contribution in [0.25, 0.3) is 0 Å². The molecule has 0 radical (unpaired) electrons. The van der Waals surface area contributed by atoms with Crippen molar-refractivity contribution in [2.45, 2.75) is 12.4 Å². The van der Waals surface area contributed by atoms with E-state index in [1.54, 1.807) is 0 Å². The molecule has 5 nitrogen and oxygen atoms in total. The standard InChI is InChI=1S/C14H9ClF6N4O/c1-22-9-5-23-10(14(19,20)21)3-8(9)25-12(26)11-7(15)2-6(4-24-11)13(16,17)18/h2-5,22H,1H3,(H,23,25,26). The van der Waals surface area contributed by atoms with E-state index in [0.717, 1.165) is 6.20 Å². The van der Waals surface area contributed by atoms with Gasteiger partial charge in [0, 0.05) is 13.2 Å². The summed E-state index contributed by atoms with van der Waals surface area (Å²) in [6.45, 7) is 0. The predicted octanol–water partition coefficient (Wildman–Crippen LogP) is 4.46. The van der Waals surface area contributed by atoms with E-state index in [1.165, 1.54) is 7.05 Å². The number of pyridine rings is 2. The lowest BCUT2D eigenvalue weighted by Gasteiger charge is -2.14. The SMILES string of the molecule is CNc1cnc(C(F)(F)F)cc1NC(=O)c1ncc(C(F)(F)F)cc1Cl. The van der Waals surface area contributed by atoms with Gasteiger partial charge >= 0.3 is 12.4 Å². The first kappa shape index (κ1) is 19.8. The molecule has 0 atom stereocenters. The summed E-state index contributed by atoms with van der Waals surface area (Å²) in [7, 11) is 1.38. The molecular weight excluding hydrogens is 390 g/mol. The quantitative estimate of drug-likeness (QED) is 0.749. The van der Waals surface area contributed by atoms with Gasteiger partial charge in [0.05, 0.1) is 28.2 Å². The molecule has 0 saturated carbocycles. The van der Waals surface area contributed by atoms with Crippen molar-refractivity contribution >= 4 is 28.9 Å². The zero-order valence-electron chi connectivity index (χ0n) is 12.8. The van der Waals surface area contributed by atoms with Gasteiger partial charge in [0.1, 0.15) is 11.4 Å². The van der Waals surface area contributed by atoms with Crippen molar-refractivity contribution in [1.29, 1.82) is 0 Å². The first-order valence-electron chi connectivity index (χ1n) is 6.72. The molecule has 1 amide bonds. The number of alkyl halides is 6. The Morgan fingerprint density at radius 3 is 2.15 bits per heavy atom. The lowest BCUT2D eigenvalue weighted by Crippen LogP contribution is -2.18. The maximum Gasteiger partial charge on any atom is 0.433 e. The summed E-state index contributed by atoms with van der Waals surface area (Å²) in [6, 6.07) is 1.07. The average Bonchev–Trinajstić information content (AvgIpc) is 2.52. The molecule has 2 aromatic rings. The molecule has 0 aliphatic heterocycles. The number of amides is 1. The normalized spacial score (nSPS) is 12.0. The maximum absolute atomic E-state index is 12.7. The maximum atomic E-state index is 12.7. The van der Waals surface area contributed by atoms with Crippen molar-refractivity contribution < 1.29 is 31.1 Å². The van der Waals surface area contributed by atoms with Crippen LogP contribution < -0.4 is 10.6 Å². The summed E-state index contributed by atoms with van der Waals surface area (Å²) in [4.78, 5) is 18.7. The third kappa shape index (κ3) is 4.34. The van der Waals surface area contributed by atoms with Crippen LogP contribution in [0.15, 0.2) is 24.5 Å². The molecule has 12 heteroatoms. The number of aromatic nitrogens is 2. The fourth-order valence-corrected chi connectivity index (χ4v) is 2.11. The molecule has 0 bridgehead atoms. The first-order valence-corrected chi connectivity index (χ1v) is 7.10. The number of carbonyl (C=O) groups excluding carboxylic acids is 1. The number of hydrogen-bond donors (Lipinski definition) is 2. The fraction of sp³-hybridized carbons (Fsp3) is 0.214. The Kier molecular flexibility index (Phi) is 5.31. The summed E-state index contributed by atoms with van der Waals surface area (Å²) in [5.74, 6) is -1.08. The molecule has 0 unspecified atom stereocenters. The van der Waals surface area contributed by atoms with E-state index in [4.69, 9.17) is 11.6 Å². The predicted molar refractivity (Wildman–Crippen MR) is 81.0 cm³/mol. The molecule has 0 spiro atoms. The van der Waals surface area contributed by atoms with E-state index in [2.05, 4.69) is 20.6 Å². The summed E-state index contributed by atoms with van der Waals surface area (Å²) in [5.41, 5.74) is -3.25. The molecule has 0 aliphatic rings. The second-order valence-electron chi connectivity index (χ2n) is 4.87. The van der Waals surface area contributed by atoms with Crippen LogP contribution in [0.2, 0.25) is 5.02 Å². The molecule has 2 aromatic heterocycles. The van der Waals surface area contributed by atoms with E-state index in [9.17, 15) is 31.1 Å². The summed E-state index contributed by atoms with van der Waals surface area (Å²) >= 11 is 5.64. The highest BCUT2D eigenvalue weighted by atomic mass is 35.5. The van der Waals surface area contributed by atoms with Crippen molar-refractivity contribution in [3.05, 3.63) is 46.5 Å². The van der Waals surface area contributed by atoms with Crippen LogP contribution in [0, 0.1) is 0 Å². The van der Waals surface area contributed by atoms with Gasteiger partial charge in [-0.1, -0.05) is 11.6 Å². The second kappa shape index (κ2) is 6.98. The minimum atomic E-state index is -4.75. The van der Waals surface area contributed by atoms with Gasteiger partial charge in [-0.3, -0.25) is 4.79 Å². The van der Waals surface area contributed by atoms with Crippen molar-refractivity contribution in [1.82, 2.24) is 9.97 Å². The fourth-order valence-electron chi connectivity index (χ4n) is 1.85. The van der Waals surface area contributed by atoms with Crippen LogP contribution >= 0.6 is 11.6 Å². The van der Waals surface area contributed by atoms with E-state index >= 15 is 0 Å². The largest absolute Gasteiger partial charge is 0.433 e. The van der Waals surface area contributed by atoms with Gasteiger partial charge in [0.15, 0.2) is 0 Å². The Balaban J connectivity index is 2.35. The number of anilines is 2. The molecule has 140 valence electrons. The highest BCUT2D eigenvalue weighted by molar-refractivity contribution is 6.34. The smallest absolute Gasteiger partial charge is 0.385 e. The highest BCUT2D eigenvalue weighted by Crippen LogP contribution is 2.33. The van der Waals surface area contributed by atoms with E-state index < -0.39 is 40.2 Å². The van der Waals surface area contributed by atoms with Gasteiger partial charge in [-0.15, -0.1) is 0 Å². The van der Waals surface area contributed by atoms with Crippen molar-refractivity contribution in [2.24, 2.45) is 0 Å². The van der Waals surface area contributed by atoms with Crippen LogP contribution in [0.4, 0.5) is 37.7 Å². The summed E-state index contributed by atoms with van der Waals surface area (Å²) in [6.07, 6.45) is -8.22. The van der Waals surface area contributed by atoms with Crippen molar-refractivity contribution in [3.63, 3.8) is 0 Å². The van der Waals surface area contributed by atoms with Crippen molar-refractivity contribution in [3.8, 4) is 0 Å². The lowest BCUT2D eigenvalue weighted by molar-refractivity contribution is -0.141. The van der Waals surface area contributed by atoms with Gasteiger partial charge in [-0.05, 0) is 12.1 Å². The first-order chi connectivity index (χ1) is 11.9. The minimum Gasteiger partial charge on any atom is -0.385 e. The lowest BCUT2D eigenvalue weighted by atomic mass is 10.2. The molecule has 0 aliphatic carbocycles. The third-order valence-corrected chi connectivity index (χ3v) is 3.38. The van der Waals surface area contributed by atoms with Gasteiger partial charge in [0.2, 0.25) is 0 Å². The van der Waals surface area contributed by atoms with Gasteiger partial charge in [-0.25, -0.2) is 9.97 Å². The van der Waals surface area contributed by atoms with Crippen LogP contribution in [-0.4, -0.2) is 22.9 Å². The molecule has 2 rings (SSSR count). The zero-order valence-corrected chi connectivity index (χ0v) is 13.5. The number of hydrogen-bond acceptors (Lipinski definition) is 4. The minimum absolute atomic E-state index is 0.0504. The number of carbonyl (C=O) groups is 1. The van der Waals surface area contributed by atoms with Crippen molar-refractivity contribution in [2.75, 3.05) is 17.7 Å². The number of nitrogens with one attached hydrogen (secondary N) is 2. The Labute approximate surface area is 147 Å². The Morgan fingerprint density at radius 2 is 1.65 bits per heavy atom.